The Labute approximate surface area is 175 Å². The van der Waals surface area contributed by atoms with E-state index in [0.29, 0.717) is 21.9 Å². The molecule has 1 amide bonds. The third kappa shape index (κ3) is 2.82. The van der Waals surface area contributed by atoms with Gasteiger partial charge >= 0.3 is 29.6 Å². The summed E-state index contributed by atoms with van der Waals surface area (Å²) in [5.41, 5.74) is 2.30. The van der Waals surface area contributed by atoms with Crippen molar-refractivity contribution in [3.05, 3.63) is 40.6 Å². The summed E-state index contributed by atoms with van der Waals surface area (Å²) in [6, 6.07) is 1.79. The molecule has 11 heteroatoms. The van der Waals surface area contributed by atoms with Crippen molar-refractivity contribution in [1.82, 2.24) is 29.7 Å². The maximum atomic E-state index is 12.5. The Kier molecular flexibility index (Phi) is 4.86. The molecule has 0 radical (unpaired) electrons. The average Bonchev–Trinajstić information content (AvgIpc) is 3.21. The van der Waals surface area contributed by atoms with Crippen LogP contribution in [0, 0.1) is 6.92 Å². The topological polar surface area (TPSA) is 109 Å². The van der Waals surface area contributed by atoms with Gasteiger partial charge in [0, 0.05) is 19.8 Å². The van der Waals surface area contributed by atoms with E-state index in [1.807, 2.05) is 6.92 Å². The number of aryl methyl sites for hydroxylation is 3. The first-order valence-electron chi connectivity index (χ1n) is 7.41. The van der Waals surface area contributed by atoms with Gasteiger partial charge in [-0.3, -0.25) is 19.1 Å². The maximum absolute atomic E-state index is 12.5. The molecule has 4 heterocycles. The van der Waals surface area contributed by atoms with Gasteiger partial charge in [0.25, 0.3) is 5.91 Å². The SMILES string of the molecule is Cc1cc(C2=C(C(=O)[O-])N3C(=O)/C(=C/c4cn(C)nn4)[C@H]3S2)nn1C.[Na+]. The van der Waals surface area contributed by atoms with Crippen molar-refractivity contribution in [3.63, 3.8) is 0 Å². The Morgan fingerprint density at radius 3 is 2.65 bits per heavy atom. The molecule has 2 aliphatic rings. The number of hydrogen-bond donors (Lipinski definition) is 0. The number of β-lactam (4-membered cyclic amide) rings is 1. The first kappa shape index (κ1) is 18.9. The fourth-order valence-corrected chi connectivity index (χ4v) is 4.14. The molecule has 9 nitrogen and oxygen atoms in total. The quantitative estimate of drug-likeness (QED) is 0.306. The second kappa shape index (κ2) is 6.69. The second-order valence-corrected chi connectivity index (χ2v) is 6.91. The molecule has 0 bridgehead atoms. The zero-order chi connectivity index (χ0) is 17.9. The minimum absolute atomic E-state index is 0. The minimum Gasteiger partial charge on any atom is -0.543 e. The number of carboxylic acids is 1. The van der Waals surface area contributed by atoms with Gasteiger partial charge in [-0.1, -0.05) is 17.0 Å². The number of amides is 1. The Hall–Kier alpha value is -1.88. The Morgan fingerprint density at radius 2 is 2.12 bits per heavy atom. The summed E-state index contributed by atoms with van der Waals surface area (Å²) in [5.74, 6) is -1.76. The normalized spacial score (nSPS) is 20.3. The van der Waals surface area contributed by atoms with E-state index in [2.05, 4.69) is 15.4 Å². The van der Waals surface area contributed by atoms with Crippen LogP contribution in [-0.2, 0) is 23.7 Å². The van der Waals surface area contributed by atoms with Crippen molar-refractivity contribution in [2.24, 2.45) is 14.1 Å². The van der Waals surface area contributed by atoms with Gasteiger partial charge in [0.2, 0.25) is 0 Å². The first-order valence-corrected chi connectivity index (χ1v) is 8.29. The second-order valence-electron chi connectivity index (χ2n) is 5.82. The number of nitrogens with zero attached hydrogens (tertiary/aromatic N) is 6. The van der Waals surface area contributed by atoms with Crippen molar-refractivity contribution in [2.75, 3.05) is 0 Å². The van der Waals surface area contributed by atoms with Gasteiger partial charge in [-0.2, -0.15) is 5.10 Å². The third-order valence-electron chi connectivity index (χ3n) is 4.12. The van der Waals surface area contributed by atoms with E-state index >= 15 is 0 Å². The predicted molar refractivity (Wildman–Crippen MR) is 87.1 cm³/mol. The number of hydrogen-bond acceptors (Lipinski definition) is 7. The third-order valence-corrected chi connectivity index (χ3v) is 5.44. The number of aliphatic carboxylic acids is 1. The number of carboxylic acid groups (broad SMARTS) is 1. The number of carbonyl (C=O) groups is 2. The molecular formula is C15H13N6NaO3S. The Morgan fingerprint density at radius 1 is 1.38 bits per heavy atom. The van der Waals surface area contributed by atoms with Gasteiger partial charge in [-0.05, 0) is 19.1 Å². The van der Waals surface area contributed by atoms with Crippen LogP contribution >= 0.6 is 11.8 Å². The van der Waals surface area contributed by atoms with Crippen molar-refractivity contribution in [3.8, 4) is 0 Å². The Bertz CT molecular complexity index is 972. The van der Waals surface area contributed by atoms with Crippen molar-refractivity contribution in [1.29, 1.82) is 0 Å². The molecule has 0 saturated carbocycles. The number of fused-ring (bicyclic) bond motifs is 1. The predicted octanol–water partition coefficient (Wildman–Crippen LogP) is -3.72. The van der Waals surface area contributed by atoms with Crippen LogP contribution in [-0.4, -0.2) is 46.9 Å². The summed E-state index contributed by atoms with van der Waals surface area (Å²) in [7, 11) is 3.50. The summed E-state index contributed by atoms with van der Waals surface area (Å²) in [5, 5.41) is 23.3. The largest absolute Gasteiger partial charge is 1.00 e. The van der Waals surface area contributed by atoms with Gasteiger partial charge in [0.1, 0.15) is 16.8 Å². The molecule has 26 heavy (non-hydrogen) atoms. The summed E-state index contributed by atoms with van der Waals surface area (Å²) < 4.78 is 3.19. The fourth-order valence-electron chi connectivity index (χ4n) is 2.80. The fraction of sp³-hybridized carbons (Fsp3) is 0.267. The van der Waals surface area contributed by atoms with Crippen molar-refractivity contribution >= 4 is 34.6 Å². The molecule has 4 rings (SSSR count). The van der Waals surface area contributed by atoms with Crippen LogP contribution in [0.4, 0.5) is 0 Å². The van der Waals surface area contributed by atoms with Crippen LogP contribution in [0.5, 0.6) is 0 Å². The molecule has 2 aromatic heterocycles. The van der Waals surface area contributed by atoms with Gasteiger partial charge < -0.3 is 9.90 Å². The van der Waals surface area contributed by atoms with Crippen LogP contribution in [0.25, 0.3) is 11.0 Å². The standard InChI is InChI=1S/C15H14N6O3S.Na/c1-7-4-10(17-20(7)3)12-11(15(23)24)21-13(22)9(14(21)25-12)5-8-6-19(2)18-16-8;/h4-6,14H,1-3H3,(H,23,24);/q;+1/p-1/b9-5-;/t14-;/m1./s1. The number of carbonyl (C=O) groups excluding carboxylic acids is 2. The molecule has 0 aromatic carbocycles. The van der Waals surface area contributed by atoms with Gasteiger partial charge in [0.05, 0.1) is 28.3 Å². The summed E-state index contributed by atoms with van der Waals surface area (Å²) >= 11 is 1.27. The molecule has 0 unspecified atom stereocenters. The molecule has 128 valence electrons. The van der Waals surface area contributed by atoms with E-state index in [4.69, 9.17) is 0 Å². The smallest absolute Gasteiger partial charge is 0.543 e. The van der Waals surface area contributed by atoms with Crippen LogP contribution in [0.1, 0.15) is 17.1 Å². The first-order chi connectivity index (χ1) is 11.9. The molecule has 1 atom stereocenters. The molecule has 0 N–H and O–H groups in total. The van der Waals surface area contributed by atoms with Crippen LogP contribution in [0.15, 0.2) is 23.5 Å². The molecule has 1 saturated heterocycles. The summed E-state index contributed by atoms with van der Waals surface area (Å²) in [6.45, 7) is 1.87. The van der Waals surface area contributed by atoms with Crippen LogP contribution in [0.2, 0.25) is 0 Å². The van der Waals surface area contributed by atoms with Gasteiger partial charge in [-0.25, -0.2) is 0 Å². The number of thioether (sulfide) groups is 1. The van der Waals surface area contributed by atoms with Crippen molar-refractivity contribution in [2.45, 2.75) is 12.3 Å². The van der Waals surface area contributed by atoms with Crippen molar-refractivity contribution < 1.29 is 44.3 Å². The van der Waals surface area contributed by atoms with Crippen LogP contribution in [0.3, 0.4) is 0 Å². The molecule has 0 spiro atoms. The zero-order valence-corrected chi connectivity index (χ0v) is 17.4. The van der Waals surface area contributed by atoms with E-state index in [9.17, 15) is 14.7 Å². The van der Waals surface area contributed by atoms with E-state index < -0.39 is 11.3 Å². The molecule has 2 aliphatic heterocycles. The molecule has 0 aliphatic carbocycles. The van der Waals surface area contributed by atoms with Gasteiger partial charge in [0.15, 0.2) is 0 Å². The average molecular weight is 380 g/mol. The molecule has 1 fully saturated rings. The van der Waals surface area contributed by atoms with E-state index in [0.717, 1.165) is 5.69 Å². The van der Waals surface area contributed by atoms with Crippen LogP contribution < -0.4 is 34.7 Å². The van der Waals surface area contributed by atoms with Gasteiger partial charge in [-0.15, -0.1) is 5.10 Å². The monoisotopic (exact) mass is 380 g/mol. The molecular weight excluding hydrogens is 367 g/mol. The molecule has 2 aromatic rings. The Balaban J connectivity index is 0.00000196. The summed E-state index contributed by atoms with van der Waals surface area (Å²) in [4.78, 5) is 25.8. The minimum atomic E-state index is -1.39. The van der Waals surface area contributed by atoms with E-state index in [1.54, 1.807) is 37.1 Å². The maximum Gasteiger partial charge on any atom is 1.00 e. The number of aromatic nitrogens is 5. The summed E-state index contributed by atoms with van der Waals surface area (Å²) in [6.07, 6.45) is 3.31. The zero-order valence-electron chi connectivity index (χ0n) is 14.6. The van der Waals surface area contributed by atoms with E-state index in [-0.39, 0.29) is 41.2 Å². The number of rotatable bonds is 3. The van der Waals surface area contributed by atoms with E-state index in [1.165, 1.54) is 21.3 Å².